The van der Waals surface area contributed by atoms with E-state index in [1.54, 1.807) is 11.1 Å². The highest BCUT2D eigenvalue weighted by Crippen LogP contribution is 2.54. The van der Waals surface area contributed by atoms with Crippen molar-refractivity contribution in [1.29, 1.82) is 0 Å². The van der Waals surface area contributed by atoms with Crippen LogP contribution in [-0.2, 0) is 5.41 Å². The van der Waals surface area contributed by atoms with Gasteiger partial charge >= 0.3 is 0 Å². The Bertz CT molecular complexity index is 436. The molecule has 1 unspecified atom stereocenters. The van der Waals surface area contributed by atoms with Crippen LogP contribution in [0.3, 0.4) is 0 Å². The number of aryl methyl sites for hydroxylation is 2. The molecule has 0 saturated heterocycles. The molecule has 0 aromatic heterocycles. The summed E-state index contributed by atoms with van der Waals surface area (Å²) in [4.78, 5) is 0. The van der Waals surface area contributed by atoms with Crippen LogP contribution in [0.25, 0.3) is 0 Å². The minimum absolute atomic E-state index is 0.559. The highest BCUT2D eigenvalue weighted by atomic mass is 14.5. The normalized spacial score (nSPS) is 26.2. The maximum absolute atomic E-state index is 2.50. The van der Waals surface area contributed by atoms with Crippen LogP contribution in [0.4, 0.5) is 0 Å². The molecule has 0 heteroatoms. The van der Waals surface area contributed by atoms with E-state index in [0.717, 1.165) is 5.92 Å². The third-order valence-electron chi connectivity index (χ3n) is 5.10. The molecular weight excluding hydrogens is 204 g/mol. The van der Waals surface area contributed by atoms with Crippen molar-refractivity contribution in [2.24, 2.45) is 0 Å². The van der Waals surface area contributed by atoms with Crippen molar-refractivity contribution in [2.45, 2.75) is 70.6 Å². The standard InChI is InChI=1S/C17H24/c1-12-9-13(2)16-14(3)11-17(15(16)10-12)7-5-4-6-8-17/h9-10,14H,4-8,11H2,1-3H3. The van der Waals surface area contributed by atoms with Crippen molar-refractivity contribution in [2.75, 3.05) is 0 Å². The number of benzene rings is 1. The van der Waals surface area contributed by atoms with Crippen molar-refractivity contribution < 1.29 is 0 Å². The van der Waals surface area contributed by atoms with Crippen LogP contribution < -0.4 is 0 Å². The zero-order chi connectivity index (χ0) is 12.0. The summed E-state index contributed by atoms with van der Waals surface area (Å²) in [6.07, 6.45) is 8.63. The van der Waals surface area contributed by atoms with Gasteiger partial charge in [0.05, 0.1) is 0 Å². The topological polar surface area (TPSA) is 0 Å². The summed E-state index contributed by atoms with van der Waals surface area (Å²) in [6, 6.07) is 4.87. The van der Waals surface area contributed by atoms with Gasteiger partial charge in [-0.2, -0.15) is 0 Å². The Kier molecular flexibility index (Phi) is 2.57. The summed E-state index contributed by atoms with van der Waals surface area (Å²) in [5.41, 5.74) is 6.97. The number of hydrogen-bond donors (Lipinski definition) is 0. The van der Waals surface area contributed by atoms with Gasteiger partial charge in [-0.25, -0.2) is 0 Å². The predicted molar refractivity (Wildman–Crippen MR) is 73.7 cm³/mol. The first-order chi connectivity index (χ1) is 8.12. The SMILES string of the molecule is Cc1cc(C)c2c(c1)C1(CCCCC1)CC2C. The molecule has 0 aliphatic heterocycles. The molecule has 1 aromatic carbocycles. The predicted octanol–water partition coefficient (Wildman–Crippen LogP) is 5.01. The number of hydrogen-bond acceptors (Lipinski definition) is 0. The van der Waals surface area contributed by atoms with Crippen LogP contribution in [0.1, 0.15) is 73.6 Å². The molecule has 1 fully saturated rings. The van der Waals surface area contributed by atoms with Crippen LogP contribution in [0, 0.1) is 13.8 Å². The molecule has 0 radical (unpaired) electrons. The van der Waals surface area contributed by atoms with Gasteiger partial charge < -0.3 is 0 Å². The smallest absolute Gasteiger partial charge is 0.00382 e. The minimum Gasteiger partial charge on any atom is -0.0584 e. The highest BCUT2D eigenvalue weighted by Gasteiger charge is 2.43. The van der Waals surface area contributed by atoms with Crippen LogP contribution in [0.5, 0.6) is 0 Å². The molecule has 1 aromatic rings. The van der Waals surface area contributed by atoms with Crippen LogP contribution >= 0.6 is 0 Å². The maximum atomic E-state index is 2.50. The van der Waals surface area contributed by atoms with Crippen LogP contribution in [-0.4, -0.2) is 0 Å². The van der Waals surface area contributed by atoms with E-state index >= 15 is 0 Å². The van der Waals surface area contributed by atoms with E-state index < -0.39 is 0 Å². The van der Waals surface area contributed by atoms with Crippen molar-refractivity contribution >= 4 is 0 Å². The second-order valence-electron chi connectivity index (χ2n) is 6.49. The number of rotatable bonds is 0. The molecule has 0 nitrogen and oxygen atoms in total. The number of fused-ring (bicyclic) bond motifs is 2. The summed E-state index contributed by atoms with van der Waals surface area (Å²) in [5, 5.41) is 0. The Morgan fingerprint density at radius 1 is 1.06 bits per heavy atom. The van der Waals surface area contributed by atoms with E-state index in [2.05, 4.69) is 32.9 Å². The molecule has 3 rings (SSSR count). The quantitative estimate of drug-likeness (QED) is 0.585. The molecule has 0 N–H and O–H groups in total. The molecule has 2 aliphatic carbocycles. The fourth-order valence-corrected chi connectivity index (χ4v) is 4.57. The first kappa shape index (κ1) is 11.3. The molecule has 17 heavy (non-hydrogen) atoms. The third-order valence-corrected chi connectivity index (χ3v) is 5.10. The Hall–Kier alpha value is -0.780. The Labute approximate surface area is 105 Å². The van der Waals surface area contributed by atoms with Gasteiger partial charge in [0, 0.05) is 0 Å². The van der Waals surface area contributed by atoms with Gasteiger partial charge in [0.2, 0.25) is 0 Å². The lowest BCUT2D eigenvalue weighted by Crippen LogP contribution is -2.26. The zero-order valence-electron chi connectivity index (χ0n) is 11.5. The Morgan fingerprint density at radius 3 is 2.47 bits per heavy atom. The molecule has 1 saturated carbocycles. The summed E-state index contributed by atoms with van der Waals surface area (Å²) in [7, 11) is 0. The van der Waals surface area contributed by atoms with Crippen molar-refractivity contribution in [3.05, 3.63) is 34.4 Å². The Balaban J connectivity index is 2.14. The maximum Gasteiger partial charge on any atom is -0.00382 e. The molecule has 0 amide bonds. The lowest BCUT2D eigenvalue weighted by molar-refractivity contribution is 0.282. The van der Waals surface area contributed by atoms with E-state index in [-0.39, 0.29) is 0 Å². The average Bonchev–Trinajstić information content (AvgIpc) is 2.53. The molecule has 1 atom stereocenters. The van der Waals surface area contributed by atoms with Gasteiger partial charge in [-0.05, 0) is 61.1 Å². The molecule has 0 bridgehead atoms. The summed E-state index contributed by atoms with van der Waals surface area (Å²) >= 11 is 0. The Morgan fingerprint density at radius 2 is 1.76 bits per heavy atom. The van der Waals surface area contributed by atoms with Gasteiger partial charge in [-0.1, -0.05) is 43.9 Å². The average molecular weight is 228 g/mol. The highest BCUT2D eigenvalue weighted by molar-refractivity contribution is 5.49. The second kappa shape index (κ2) is 3.86. The van der Waals surface area contributed by atoms with Crippen molar-refractivity contribution in [3.63, 3.8) is 0 Å². The zero-order valence-corrected chi connectivity index (χ0v) is 11.5. The van der Waals surface area contributed by atoms with E-state index in [9.17, 15) is 0 Å². The summed E-state index contributed by atoms with van der Waals surface area (Å²) in [6.45, 7) is 7.00. The lowest BCUT2D eigenvalue weighted by Gasteiger charge is -2.35. The molecule has 92 valence electrons. The second-order valence-corrected chi connectivity index (χ2v) is 6.49. The van der Waals surface area contributed by atoms with E-state index in [1.165, 1.54) is 49.7 Å². The van der Waals surface area contributed by atoms with Crippen molar-refractivity contribution in [1.82, 2.24) is 0 Å². The van der Waals surface area contributed by atoms with Crippen LogP contribution in [0.2, 0.25) is 0 Å². The molecule has 2 aliphatic rings. The summed E-state index contributed by atoms with van der Waals surface area (Å²) in [5.74, 6) is 0.781. The lowest BCUT2D eigenvalue weighted by atomic mass is 9.69. The van der Waals surface area contributed by atoms with Crippen molar-refractivity contribution in [3.8, 4) is 0 Å². The first-order valence-corrected chi connectivity index (χ1v) is 7.24. The monoisotopic (exact) mass is 228 g/mol. The van der Waals surface area contributed by atoms with Crippen LogP contribution in [0.15, 0.2) is 12.1 Å². The fraction of sp³-hybridized carbons (Fsp3) is 0.647. The van der Waals surface area contributed by atoms with Gasteiger partial charge in [-0.15, -0.1) is 0 Å². The molecule has 0 heterocycles. The van der Waals surface area contributed by atoms with Gasteiger partial charge in [0.15, 0.2) is 0 Å². The van der Waals surface area contributed by atoms with E-state index in [4.69, 9.17) is 0 Å². The fourth-order valence-electron chi connectivity index (χ4n) is 4.57. The summed E-state index contributed by atoms with van der Waals surface area (Å²) < 4.78 is 0. The molecule has 1 spiro atoms. The van der Waals surface area contributed by atoms with Gasteiger partial charge in [0.25, 0.3) is 0 Å². The largest absolute Gasteiger partial charge is 0.0584 e. The first-order valence-electron chi connectivity index (χ1n) is 7.24. The minimum atomic E-state index is 0.559. The van der Waals surface area contributed by atoms with E-state index in [0.29, 0.717) is 5.41 Å². The van der Waals surface area contributed by atoms with Gasteiger partial charge in [-0.3, -0.25) is 0 Å². The third kappa shape index (κ3) is 1.64. The molecular formula is C17H24. The van der Waals surface area contributed by atoms with Gasteiger partial charge in [0.1, 0.15) is 0 Å². The van der Waals surface area contributed by atoms with E-state index in [1.807, 2.05) is 0 Å².